The molecule has 1 fully saturated rings. The smallest absolute Gasteiger partial charge is 0.251 e. The van der Waals surface area contributed by atoms with Gasteiger partial charge in [-0.1, -0.05) is 19.1 Å². The van der Waals surface area contributed by atoms with Crippen LogP contribution in [0.3, 0.4) is 0 Å². The van der Waals surface area contributed by atoms with E-state index in [9.17, 15) is 9.90 Å². The average molecular weight is 255 g/mol. The predicted octanol–water partition coefficient (Wildman–Crippen LogP) is 3.00. The van der Waals surface area contributed by atoms with E-state index in [1.54, 1.807) is 6.07 Å². The number of phenols is 1. The average Bonchev–Trinajstić information content (AvgIpc) is 3.22. The molecule has 0 radical (unpaired) electrons. The van der Waals surface area contributed by atoms with Gasteiger partial charge in [-0.15, -0.1) is 0 Å². The van der Waals surface area contributed by atoms with Crippen LogP contribution in [-0.4, -0.2) is 17.1 Å². The van der Waals surface area contributed by atoms with Gasteiger partial charge in [-0.3, -0.25) is 4.79 Å². The van der Waals surface area contributed by atoms with Gasteiger partial charge in [-0.05, 0) is 48.4 Å². The zero-order valence-electron chi connectivity index (χ0n) is 10.9. The topological polar surface area (TPSA) is 49.3 Å². The summed E-state index contributed by atoms with van der Waals surface area (Å²) >= 11 is 0. The van der Waals surface area contributed by atoms with Crippen LogP contribution in [0.4, 0.5) is 0 Å². The lowest BCUT2D eigenvalue weighted by atomic mass is 10.0. The maximum absolute atomic E-state index is 12.0. The molecular formula is C16H17NO2. The van der Waals surface area contributed by atoms with Gasteiger partial charge >= 0.3 is 0 Å². The largest absolute Gasteiger partial charge is 0.507 e. The minimum atomic E-state index is -0.0979. The van der Waals surface area contributed by atoms with Crippen LogP contribution in [0.15, 0.2) is 30.3 Å². The molecule has 2 aromatic rings. The van der Waals surface area contributed by atoms with Crippen LogP contribution < -0.4 is 5.32 Å². The second-order valence-corrected chi connectivity index (χ2v) is 5.15. The van der Waals surface area contributed by atoms with Crippen LogP contribution in [0.2, 0.25) is 0 Å². The summed E-state index contributed by atoms with van der Waals surface area (Å²) in [5, 5.41) is 14.7. The number of nitrogens with one attached hydrogen (secondary N) is 1. The number of carbonyl (C=O) groups is 1. The number of benzene rings is 2. The van der Waals surface area contributed by atoms with Crippen LogP contribution in [0.5, 0.6) is 5.75 Å². The van der Waals surface area contributed by atoms with Gasteiger partial charge in [0.25, 0.3) is 5.91 Å². The standard InChI is InChI=1S/C16H17NO2/c1-2-10-3-4-11-8-12(9-15(18)14(11)7-10)16(19)17-13-5-6-13/h3-4,7-9,13,18H,2,5-6H2,1H3,(H,17,19). The van der Waals surface area contributed by atoms with E-state index < -0.39 is 0 Å². The molecule has 3 heteroatoms. The Hall–Kier alpha value is -2.03. The molecule has 1 aliphatic rings. The molecule has 0 unspecified atom stereocenters. The summed E-state index contributed by atoms with van der Waals surface area (Å²) in [6.07, 6.45) is 3.05. The summed E-state index contributed by atoms with van der Waals surface area (Å²) in [5.41, 5.74) is 1.71. The number of amides is 1. The molecule has 0 heterocycles. The first-order valence-electron chi connectivity index (χ1n) is 6.74. The molecule has 3 nitrogen and oxygen atoms in total. The molecule has 3 rings (SSSR count). The lowest BCUT2D eigenvalue weighted by molar-refractivity contribution is 0.0951. The highest BCUT2D eigenvalue weighted by molar-refractivity contribution is 6.01. The van der Waals surface area contributed by atoms with Crippen molar-refractivity contribution >= 4 is 16.7 Å². The number of hydrogen-bond acceptors (Lipinski definition) is 2. The van der Waals surface area contributed by atoms with Gasteiger partial charge in [-0.2, -0.15) is 0 Å². The van der Waals surface area contributed by atoms with E-state index in [-0.39, 0.29) is 11.7 Å². The molecule has 19 heavy (non-hydrogen) atoms. The zero-order valence-corrected chi connectivity index (χ0v) is 10.9. The summed E-state index contributed by atoms with van der Waals surface area (Å²) in [7, 11) is 0. The van der Waals surface area contributed by atoms with Gasteiger partial charge < -0.3 is 10.4 Å². The molecule has 2 aromatic carbocycles. The van der Waals surface area contributed by atoms with Crippen LogP contribution in [0.25, 0.3) is 10.8 Å². The van der Waals surface area contributed by atoms with E-state index >= 15 is 0 Å². The maximum atomic E-state index is 12.0. The predicted molar refractivity (Wildman–Crippen MR) is 75.5 cm³/mol. The van der Waals surface area contributed by atoms with Crippen LogP contribution in [0.1, 0.15) is 35.7 Å². The zero-order chi connectivity index (χ0) is 13.4. The fraction of sp³-hybridized carbons (Fsp3) is 0.312. The molecule has 0 spiro atoms. The van der Waals surface area contributed by atoms with Gasteiger partial charge in [0.05, 0.1) is 0 Å². The Morgan fingerprint density at radius 2 is 2.11 bits per heavy atom. The van der Waals surface area contributed by atoms with E-state index in [0.29, 0.717) is 11.6 Å². The first-order chi connectivity index (χ1) is 9.17. The minimum absolute atomic E-state index is 0.0979. The van der Waals surface area contributed by atoms with Crippen molar-refractivity contribution < 1.29 is 9.90 Å². The number of aryl methyl sites for hydroxylation is 1. The highest BCUT2D eigenvalue weighted by Crippen LogP contribution is 2.28. The lowest BCUT2D eigenvalue weighted by Crippen LogP contribution is -2.25. The lowest BCUT2D eigenvalue weighted by Gasteiger charge is -2.08. The molecule has 1 amide bonds. The summed E-state index contributed by atoms with van der Waals surface area (Å²) in [6.45, 7) is 2.08. The Labute approximate surface area is 112 Å². The fourth-order valence-electron chi connectivity index (χ4n) is 2.23. The summed E-state index contributed by atoms with van der Waals surface area (Å²) in [6, 6.07) is 9.69. The maximum Gasteiger partial charge on any atom is 0.251 e. The Balaban J connectivity index is 2.01. The second-order valence-electron chi connectivity index (χ2n) is 5.15. The molecule has 0 atom stereocenters. The number of carbonyl (C=O) groups excluding carboxylic acids is 1. The van der Waals surface area contributed by atoms with Crippen molar-refractivity contribution in [3.63, 3.8) is 0 Å². The third-order valence-electron chi connectivity index (χ3n) is 3.58. The molecule has 2 N–H and O–H groups in total. The SMILES string of the molecule is CCc1ccc2cc(C(=O)NC3CC3)cc(O)c2c1. The Kier molecular flexibility index (Phi) is 2.90. The summed E-state index contributed by atoms with van der Waals surface area (Å²) in [4.78, 5) is 12.0. The van der Waals surface area contributed by atoms with Crippen molar-refractivity contribution in [2.75, 3.05) is 0 Å². The minimum Gasteiger partial charge on any atom is -0.507 e. The Bertz CT molecular complexity index is 644. The summed E-state index contributed by atoms with van der Waals surface area (Å²) in [5.74, 6) is 0.0769. The van der Waals surface area contributed by atoms with Crippen molar-refractivity contribution in [2.24, 2.45) is 0 Å². The highest BCUT2D eigenvalue weighted by atomic mass is 16.3. The molecular weight excluding hydrogens is 238 g/mol. The first kappa shape index (κ1) is 12.0. The molecule has 0 aromatic heterocycles. The van der Waals surface area contributed by atoms with Crippen LogP contribution in [-0.2, 0) is 6.42 Å². The Morgan fingerprint density at radius 3 is 2.79 bits per heavy atom. The van der Waals surface area contributed by atoms with E-state index in [4.69, 9.17) is 0 Å². The van der Waals surface area contributed by atoms with E-state index in [0.717, 1.165) is 30.0 Å². The van der Waals surface area contributed by atoms with Gasteiger partial charge in [0.2, 0.25) is 0 Å². The molecule has 0 bridgehead atoms. The second kappa shape index (κ2) is 4.57. The molecule has 98 valence electrons. The van der Waals surface area contributed by atoms with Crippen LogP contribution in [0, 0.1) is 0 Å². The fourth-order valence-corrected chi connectivity index (χ4v) is 2.23. The van der Waals surface area contributed by atoms with Crippen molar-refractivity contribution in [1.82, 2.24) is 5.32 Å². The number of rotatable bonds is 3. The van der Waals surface area contributed by atoms with Crippen molar-refractivity contribution in [3.8, 4) is 5.75 Å². The number of aromatic hydroxyl groups is 1. The quantitative estimate of drug-likeness (QED) is 0.885. The van der Waals surface area contributed by atoms with Gasteiger partial charge in [0.15, 0.2) is 0 Å². The molecule has 0 aliphatic heterocycles. The van der Waals surface area contributed by atoms with E-state index in [1.807, 2.05) is 24.3 Å². The van der Waals surface area contributed by atoms with Crippen LogP contribution >= 0.6 is 0 Å². The summed E-state index contributed by atoms with van der Waals surface area (Å²) < 4.78 is 0. The highest BCUT2D eigenvalue weighted by Gasteiger charge is 2.24. The van der Waals surface area contributed by atoms with Gasteiger partial charge in [0.1, 0.15) is 5.75 Å². The first-order valence-corrected chi connectivity index (χ1v) is 6.74. The van der Waals surface area contributed by atoms with Crippen molar-refractivity contribution in [2.45, 2.75) is 32.2 Å². The third kappa shape index (κ3) is 2.41. The molecule has 1 saturated carbocycles. The van der Waals surface area contributed by atoms with Crippen molar-refractivity contribution in [1.29, 1.82) is 0 Å². The molecule has 0 saturated heterocycles. The molecule has 1 aliphatic carbocycles. The van der Waals surface area contributed by atoms with Gasteiger partial charge in [-0.25, -0.2) is 0 Å². The van der Waals surface area contributed by atoms with Crippen molar-refractivity contribution in [3.05, 3.63) is 41.5 Å². The number of phenolic OH excluding ortho intramolecular Hbond substituents is 1. The van der Waals surface area contributed by atoms with E-state index in [2.05, 4.69) is 12.2 Å². The Morgan fingerprint density at radius 1 is 1.32 bits per heavy atom. The van der Waals surface area contributed by atoms with E-state index in [1.165, 1.54) is 5.56 Å². The monoisotopic (exact) mass is 255 g/mol. The normalized spacial score (nSPS) is 14.6. The number of fused-ring (bicyclic) bond motifs is 1. The van der Waals surface area contributed by atoms with Gasteiger partial charge in [0, 0.05) is 17.0 Å². The third-order valence-corrected chi connectivity index (χ3v) is 3.58. The number of hydrogen-bond donors (Lipinski definition) is 2.